The van der Waals surface area contributed by atoms with Crippen LogP contribution in [0.1, 0.15) is 28.2 Å². The molecule has 0 radical (unpaired) electrons. The molecule has 1 aromatic rings. The molecule has 0 aromatic carbocycles. The van der Waals surface area contributed by atoms with Gasteiger partial charge in [-0.05, 0) is 20.3 Å². The van der Waals surface area contributed by atoms with Crippen molar-refractivity contribution in [2.75, 3.05) is 19.8 Å². The number of nitrogens with zero attached hydrogens (tertiary/aromatic N) is 1. The molecule has 1 atom stereocenters. The molecule has 0 spiro atoms. The third-order valence-corrected chi connectivity index (χ3v) is 2.84. The maximum absolute atomic E-state index is 11.9. The van der Waals surface area contributed by atoms with Gasteiger partial charge in [-0.3, -0.25) is 4.79 Å². The second-order valence-corrected chi connectivity index (χ2v) is 4.14. The summed E-state index contributed by atoms with van der Waals surface area (Å²) in [4.78, 5) is 11.9. The van der Waals surface area contributed by atoms with Gasteiger partial charge in [0.2, 0.25) is 0 Å². The molecule has 1 fully saturated rings. The third-order valence-electron chi connectivity index (χ3n) is 2.84. The van der Waals surface area contributed by atoms with Crippen molar-refractivity contribution in [1.82, 2.24) is 10.5 Å². The highest BCUT2D eigenvalue weighted by Crippen LogP contribution is 2.14. The van der Waals surface area contributed by atoms with Gasteiger partial charge in [0.05, 0.1) is 12.3 Å². The van der Waals surface area contributed by atoms with Gasteiger partial charge in [-0.2, -0.15) is 0 Å². The van der Waals surface area contributed by atoms with E-state index in [1.54, 1.807) is 13.8 Å². The van der Waals surface area contributed by atoms with Crippen LogP contribution in [0.4, 0.5) is 0 Å². The molecule has 88 valence electrons. The summed E-state index contributed by atoms with van der Waals surface area (Å²) in [5.41, 5.74) is 1.19. The molecule has 16 heavy (non-hydrogen) atoms. The van der Waals surface area contributed by atoms with Gasteiger partial charge in [0.15, 0.2) is 0 Å². The Bertz CT molecular complexity index is 361. The Labute approximate surface area is 94.1 Å². The minimum atomic E-state index is -0.108. The Balaban J connectivity index is 1.92. The van der Waals surface area contributed by atoms with Crippen LogP contribution >= 0.6 is 0 Å². The lowest BCUT2D eigenvalue weighted by Crippen LogP contribution is -2.30. The number of aromatic nitrogens is 1. The number of ether oxygens (including phenoxy) is 1. The van der Waals surface area contributed by atoms with Crippen molar-refractivity contribution in [1.29, 1.82) is 0 Å². The van der Waals surface area contributed by atoms with Crippen LogP contribution in [0.25, 0.3) is 0 Å². The van der Waals surface area contributed by atoms with Gasteiger partial charge in [0, 0.05) is 19.1 Å². The topological polar surface area (TPSA) is 64.4 Å². The first-order valence-electron chi connectivity index (χ1n) is 5.47. The van der Waals surface area contributed by atoms with Crippen LogP contribution < -0.4 is 5.32 Å². The predicted molar refractivity (Wildman–Crippen MR) is 57.2 cm³/mol. The largest absolute Gasteiger partial charge is 0.381 e. The normalized spacial score (nSPS) is 20.0. The molecule has 1 aromatic heterocycles. The maximum atomic E-state index is 11.9. The number of amides is 1. The lowest BCUT2D eigenvalue weighted by Gasteiger charge is -2.08. The van der Waals surface area contributed by atoms with Crippen LogP contribution in [0.15, 0.2) is 4.52 Å². The average Bonchev–Trinajstić information content (AvgIpc) is 2.86. The molecule has 1 saturated heterocycles. The van der Waals surface area contributed by atoms with Crippen molar-refractivity contribution in [2.45, 2.75) is 20.3 Å². The van der Waals surface area contributed by atoms with Crippen LogP contribution in [-0.2, 0) is 4.74 Å². The Kier molecular flexibility index (Phi) is 3.24. The minimum absolute atomic E-state index is 0.108. The number of rotatable bonds is 3. The van der Waals surface area contributed by atoms with E-state index in [4.69, 9.17) is 9.26 Å². The van der Waals surface area contributed by atoms with Crippen molar-refractivity contribution in [3.63, 3.8) is 0 Å². The number of carbonyl (C=O) groups excluding carboxylic acids is 1. The van der Waals surface area contributed by atoms with E-state index >= 15 is 0 Å². The van der Waals surface area contributed by atoms with Crippen LogP contribution in [0, 0.1) is 19.8 Å². The fraction of sp³-hybridized carbons (Fsp3) is 0.636. The Hall–Kier alpha value is -1.36. The van der Waals surface area contributed by atoms with Gasteiger partial charge in [-0.1, -0.05) is 5.16 Å². The molecular formula is C11H16N2O3. The lowest BCUT2D eigenvalue weighted by molar-refractivity contribution is 0.0943. The quantitative estimate of drug-likeness (QED) is 0.833. The first-order valence-corrected chi connectivity index (χ1v) is 5.47. The van der Waals surface area contributed by atoms with E-state index in [2.05, 4.69) is 10.5 Å². The molecule has 2 heterocycles. The van der Waals surface area contributed by atoms with Crippen molar-refractivity contribution >= 4 is 5.91 Å². The second kappa shape index (κ2) is 4.65. The molecule has 0 unspecified atom stereocenters. The number of hydrogen-bond acceptors (Lipinski definition) is 4. The van der Waals surface area contributed by atoms with Gasteiger partial charge in [0.25, 0.3) is 5.91 Å². The van der Waals surface area contributed by atoms with Crippen molar-refractivity contribution in [2.24, 2.45) is 5.92 Å². The van der Waals surface area contributed by atoms with Gasteiger partial charge in [0.1, 0.15) is 11.3 Å². The Morgan fingerprint density at radius 1 is 1.56 bits per heavy atom. The average molecular weight is 224 g/mol. The van der Waals surface area contributed by atoms with Gasteiger partial charge in [-0.15, -0.1) is 0 Å². The molecule has 0 bridgehead atoms. The summed E-state index contributed by atoms with van der Waals surface area (Å²) in [5, 5.41) is 6.65. The summed E-state index contributed by atoms with van der Waals surface area (Å²) < 4.78 is 10.2. The van der Waals surface area contributed by atoms with E-state index in [1.807, 2.05) is 0 Å². The summed E-state index contributed by atoms with van der Waals surface area (Å²) in [6.07, 6.45) is 1.02. The number of nitrogens with one attached hydrogen (secondary N) is 1. The smallest absolute Gasteiger partial charge is 0.256 e. The molecule has 0 saturated carbocycles. The molecule has 2 rings (SSSR count). The van der Waals surface area contributed by atoms with Crippen molar-refractivity contribution in [3.8, 4) is 0 Å². The van der Waals surface area contributed by atoms with Crippen molar-refractivity contribution < 1.29 is 14.1 Å². The Morgan fingerprint density at radius 3 is 2.94 bits per heavy atom. The second-order valence-electron chi connectivity index (χ2n) is 4.14. The van der Waals surface area contributed by atoms with E-state index < -0.39 is 0 Å². The highest BCUT2D eigenvalue weighted by atomic mass is 16.5. The van der Waals surface area contributed by atoms with E-state index in [0.29, 0.717) is 29.5 Å². The molecule has 1 aliphatic rings. The van der Waals surface area contributed by atoms with Crippen LogP contribution in [0.3, 0.4) is 0 Å². The highest BCUT2D eigenvalue weighted by Gasteiger charge is 2.20. The summed E-state index contributed by atoms with van der Waals surface area (Å²) in [6, 6.07) is 0. The minimum Gasteiger partial charge on any atom is -0.381 e. The summed E-state index contributed by atoms with van der Waals surface area (Å²) in [7, 11) is 0. The number of hydrogen-bond donors (Lipinski definition) is 1. The molecular weight excluding hydrogens is 208 g/mol. The van der Waals surface area contributed by atoms with Crippen LogP contribution in [0.5, 0.6) is 0 Å². The third kappa shape index (κ3) is 2.24. The first kappa shape index (κ1) is 11.1. The molecule has 5 heteroatoms. The first-order chi connectivity index (χ1) is 7.68. The maximum Gasteiger partial charge on any atom is 0.256 e. The van der Waals surface area contributed by atoms with Crippen LogP contribution in [0.2, 0.25) is 0 Å². The highest BCUT2D eigenvalue weighted by molar-refractivity contribution is 5.96. The fourth-order valence-electron chi connectivity index (χ4n) is 1.88. The molecule has 1 amide bonds. The molecule has 1 aliphatic heterocycles. The van der Waals surface area contributed by atoms with E-state index in [9.17, 15) is 4.79 Å². The summed E-state index contributed by atoms with van der Waals surface area (Å²) in [5.74, 6) is 0.894. The molecule has 0 aliphatic carbocycles. The van der Waals surface area contributed by atoms with Gasteiger partial charge >= 0.3 is 0 Å². The van der Waals surface area contributed by atoms with Crippen LogP contribution in [-0.4, -0.2) is 30.8 Å². The number of carbonyl (C=O) groups is 1. The van der Waals surface area contributed by atoms with E-state index in [0.717, 1.165) is 19.6 Å². The number of aryl methyl sites for hydroxylation is 2. The lowest BCUT2D eigenvalue weighted by atomic mass is 10.1. The fourth-order valence-corrected chi connectivity index (χ4v) is 1.88. The zero-order valence-electron chi connectivity index (χ0n) is 9.58. The zero-order valence-corrected chi connectivity index (χ0v) is 9.58. The summed E-state index contributed by atoms with van der Waals surface area (Å²) in [6.45, 7) is 5.70. The van der Waals surface area contributed by atoms with Crippen molar-refractivity contribution in [3.05, 3.63) is 17.0 Å². The predicted octanol–water partition coefficient (Wildman–Crippen LogP) is 1.06. The standard InChI is InChI=1S/C11H16N2O3/c1-7-10(8(2)16-13-7)11(14)12-5-9-3-4-15-6-9/h9H,3-6H2,1-2H3,(H,12,14)/t9-/m0/s1. The monoisotopic (exact) mass is 224 g/mol. The van der Waals surface area contributed by atoms with E-state index in [1.165, 1.54) is 0 Å². The van der Waals surface area contributed by atoms with Gasteiger partial charge < -0.3 is 14.6 Å². The Morgan fingerprint density at radius 2 is 2.38 bits per heavy atom. The van der Waals surface area contributed by atoms with Gasteiger partial charge in [-0.25, -0.2) is 0 Å². The summed E-state index contributed by atoms with van der Waals surface area (Å²) >= 11 is 0. The SMILES string of the molecule is Cc1noc(C)c1C(=O)NC[C@@H]1CCOC1. The van der Waals surface area contributed by atoms with E-state index in [-0.39, 0.29) is 5.91 Å². The molecule has 5 nitrogen and oxygen atoms in total. The zero-order chi connectivity index (χ0) is 11.5. The molecule has 1 N–H and O–H groups in total.